The summed E-state index contributed by atoms with van der Waals surface area (Å²) in [6.45, 7) is 7.20. The Labute approximate surface area is 267 Å². The molecule has 0 unspecified atom stereocenters. The maximum atomic E-state index is 12.7. The average Bonchev–Trinajstić information content (AvgIpc) is 3.35. The molecule has 0 saturated heterocycles. The number of aryl methyl sites for hydroxylation is 1. The van der Waals surface area contributed by atoms with Crippen LogP contribution in [-0.4, -0.2) is 18.4 Å². The van der Waals surface area contributed by atoms with Crippen LogP contribution in [0, 0.1) is 6.92 Å². The lowest BCUT2D eigenvalue weighted by molar-refractivity contribution is -0.689. The van der Waals surface area contributed by atoms with Gasteiger partial charge in [0.2, 0.25) is 5.51 Å². The third-order valence-corrected chi connectivity index (χ3v) is 8.14. The van der Waals surface area contributed by atoms with Gasteiger partial charge in [0.1, 0.15) is 5.75 Å². The average molecular weight is 659 g/mol. The number of benzene rings is 2. The molecule has 6 nitrogen and oxygen atoms in total. The number of ether oxygens (including phenoxy) is 1. The minimum absolute atomic E-state index is 0. The molecule has 42 heavy (non-hydrogen) atoms. The number of thiazole rings is 1. The number of halogens is 1. The third kappa shape index (κ3) is 13.1. The number of urea groups is 1. The van der Waals surface area contributed by atoms with Gasteiger partial charge in [-0.3, -0.25) is 4.79 Å². The molecule has 1 aromatic heterocycles. The van der Waals surface area contributed by atoms with E-state index < -0.39 is 0 Å². The molecule has 230 valence electrons. The molecule has 0 fully saturated rings. The van der Waals surface area contributed by atoms with Crippen LogP contribution in [0.25, 0.3) is 0 Å². The van der Waals surface area contributed by atoms with Crippen LogP contribution < -0.4 is 36.9 Å². The van der Waals surface area contributed by atoms with E-state index in [-0.39, 0.29) is 28.8 Å². The lowest BCUT2D eigenvalue weighted by Crippen LogP contribution is -3.00. The largest absolute Gasteiger partial charge is 1.00 e. The first-order valence-corrected chi connectivity index (χ1v) is 16.3. The number of ketones is 1. The SMILES string of the molecule is CCCCCCCCCCCCCCOc1ccc(NC(=O)Nc2cccc(C[n+]3cscc3C)c2)cc1C(C)=O.[Br-]. The van der Waals surface area contributed by atoms with E-state index in [1.54, 1.807) is 29.5 Å². The Hall–Kier alpha value is -2.71. The van der Waals surface area contributed by atoms with Crippen LogP contribution in [0.3, 0.4) is 0 Å². The number of rotatable bonds is 19. The number of nitrogens with one attached hydrogen (secondary N) is 2. The second-order valence-corrected chi connectivity index (χ2v) is 11.6. The number of Topliss-reactive ketones (excluding diaryl/α,β-unsaturated/α-hetero) is 1. The zero-order valence-electron chi connectivity index (χ0n) is 25.6. The van der Waals surface area contributed by atoms with Crippen molar-refractivity contribution in [2.75, 3.05) is 17.2 Å². The van der Waals surface area contributed by atoms with Gasteiger partial charge in [0.15, 0.2) is 18.0 Å². The lowest BCUT2D eigenvalue weighted by atomic mass is 10.1. The Balaban J connectivity index is 0.00000616. The summed E-state index contributed by atoms with van der Waals surface area (Å²) >= 11 is 1.67. The second-order valence-electron chi connectivity index (χ2n) is 10.9. The molecule has 0 aliphatic rings. The monoisotopic (exact) mass is 657 g/mol. The van der Waals surface area contributed by atoms with Gasteiger partial charge in [-0.1, -0.05) is 101 Å². The molecule has 0 spiro atoms. The van der Waals surface area contributed by atoms with Crippen LogP contribution in [0.1, 0.15) is 113 Å². The molecule has 0 bridgehead atoms. The molecule has 0 saturated carbocycles. The van der Waals surface area contributed by atoms with Gasteiger partial charge in [-0.25, -0.2) is 4.79 Å². The molecule has 0 atom stereocenters. The van der Waals surface area contributed by atoms with Crippen molar-refractivity contribution in [2.24, 2.45) is 0 Å². The first-order chi connectivity index (χ1) is 20.0. The van der Waals surface area contributed by atoms with Crippen LogP contribution in [0.15, 0.2) is 53.4 Å². The molecule has 2 aromatic carbocycles. The first-order valence-electron chi connectivity index (χ1n) is 15.3. The van der Waals surface area contributed by atoms with E-state index in [2.05, 4.69) is 39.9 Å². The fourth-order valence-corrected chi connectivity index (χ4v) is 5.67. The minimum Gasteiger partial charge on any atom is -1.00 e. The lowest BCUT2D eigenvalue weighted by Gasteiger charge is -2.13. The zero-order chi connectivity index (χ0) is 29.3. The summed E-state index contributed by atoms with van der Waals surface area (Å²) in [4.78, 5) is 25.0. The van der Waals surface area contributed by atoms with Crippen LogP contribution in [0.2, 0.25) is 0 Å². The number of aromatic nitrogens is 1. The van der Waals surface area contributed by atoms with Crippen molar-refractivity contribution in [3.05, 3.63) is 70.2 Å². The number of anilines is 2. The van der Waals surface area contributed by atoms with E-state index >= 15 is 0 Å². The molecule has 0 radical (unpaired) electrons. The predicted molar refractivity (Wildman–Crippen MR) is 170 cm³/mol. The molecule has 2 N–H and O–H groups in total. The molecule has 8 heteroatoms. The highest BCUT2D eigenvalue weighted by molar-refractivity contribution is 7.07. The molecular formula is C34H48BrN3O3S. The number of hydrogen-bond acceptors (Lipinski definition) is 4. The summed E-state index contributed by atoms with van der Waals surface area (Å²) in [5.74, 6) is 0.480. The molecule has 0 aliphatic carbocycles. The summed E-state index contributed by atoms with van der Waals surface area (Å²) in [5, 5.41) is 7.85. The zero-order valence-corrected chi connectivity index (χ0v) is 28.0. The van der Waals surface area contributed by atoms with Crippen LogP contribution in [0.5, 0.6) is 5.75 Å². The maximum absolute atomic E-state index is 12.7. The van der Waals surface area contributed by atoms with Crippen molar-refractivity contribution in [2.45, 2.75) is 104 Å². The number of nitrogens with zero attached hydrogens (tertiary/aromatic N) is 1. The van der Waals surface area contributed by atoms with E-state index in [1.165, 1.54) is 76.8 Å². The van der Waals surface area contributed by atoms with E-state index in [9.17, 15) is 9.59 Å². The molecule has 3 rings (SSSR count). The van der Waals surface area contributed by atoms with E-state index in [1.807, 2.05) is 24.3 Å². The van der Waals surface area contributed by atoms with E-state index in [4.69, 9.17) is 4.74 Å². The van der Waals surface area contributed by atoms with Gasteiger partial charge >= 0.3 is 6.03 Å². The molecule has 1 heterocycles. The van der Waals surface area contributed by atoms with Gasteiger partial charge in [0.25, 0.3) is 0 Å². The van der Waals surface area contributed by atoms with Gasteiger partial charge in [0, 0.05) is 23.9 Å². The topological polar surface area (TPSA) is 71.3 Å². The standard InChI is InChI=1S/C34H47N3O3S.BrH/c1-4-5-6-7-8-9-10-11-12-13-14-15-21-40-33-20-19-31(23-32(33)28(3)38)36-34(39)35-30-18-16-17-29(22-30)24-37-26-41-25-27(37)2;/h16-20,22-23,25-26H,4-15,21,24H2,1-3H3,(H-,35,36,39);1H. The third-order valence-electron chi connectivity index (χ3n) is 7.29. The Bertz CT molecular complexity index is 1230. The summed E-state index contributed by atoms with van der Waals surface area (Å²) in [7, 11) is 0. The van der Waals surface area contributed by atoms with E-state index in [0.29, 0.717) is 29.3 Å². The number of unbranched alkanes of at least 4 members (excludes halogenated alkanes) is 11. The molecule has 0 aliphatic heterocycles. The Morgan fingerprint density at radius 1 is 0.833 bits per heavy atom. The number of hydrogen-bond donors (Lipinski definition) is 2. The number of carbonyl (C=O) groups excluding carboxylic acids is 2. The Morgan fingerprint density at radius 2 is 1.45 bits per heavy atom. The fraction of sp³-hybridized carbons (Fsp3) is 0.500. The van der Waals surface area contributed by atoms with Crippen molar-refractivity contribution in [3.63, 3.8) is 0 Å². The summed E-state index contributed by atoms with van der Waals surface area (Å²) < 4.78 is 8.14. The van der Waals surface area contributed by atoms with E-state index in [0.717, 1.165) is 24.9 Å². The van der Waals surface area contributed by atoms with Crippen molar-refractivity contribution >= 4 is 34.5 Å². The molecular weight excluding hydrogens is 610 g/mol. The highest BCUT2D eigenvalue weighted by Gasteiger charge is 2.13. The van der Waals surface area contributed by atoms with Gasteiger partial charge in [-0.2, -0.15) is 4.57 Å². The van der Waals surface area contributed by atoms with Crippen LogP contribution in [0.4, 0.5) is 16.2 Å². The summed E-state index contributed by atoms with van der Waals surface area (Å²) in [5.41, 5.74) is 6.12. The summed E-state index contributed by atoms with van der Waals surface area (Å²) in [6, 6.07) is 12.7. The van der Waals surface area contributed by atoms with Gasteiger partial charge in [0.05, 0.1) is 17.6 Å². The minimum atomic E-state index is -0.360. The van der Waals surface area contributed by atoms with Gasteiger partial charge < -0.3 is 32.4 Å². The fourth-order valence-electron chi connectivity index (χ4n) is 4.89. The highest BCUT2D eigenvalue weighted by atomic mass is 79.9. The van der Waals surface area contributed by atoms with Crippen molar-refractivity contribution in [3.8, 4) is 5.75 Å². The Morgan fingerprint density at radius 3 is 2.05 bits per heavy atom. The molecule has 2 amide bonds. The smallest absolute Gasteiger partial charge is 0.323 e. The van der Waals surface area contributed by atoms with Crippen LogP contribution in [-0.2, 0) is 6.54 Å². The normalized spacial score (nSPS) is 10.6. The highest BCUT2D eigenvalue weighted by Crippen LogP contribution is 2.24. The van der Waals surface area contributed by atoms with Crippen molar-refractivity contribution in [1.82, 2.24) is 0 Å². The quantitative estimate of drug-likeness (QED) is 0.0900. The van der Waals surface area contributed by atoms with Gasteiger partial charge in [-0.05, 0) is 43.7 Å². The van der Waals surface area contributed by atoms with Crippen LogP contribution >= 0.6 is 11.3 Å². The second kappa shape index (κ2) is 20.2. The summed E-state index contributed by atoms with van der Waals surface area (Å²) in [6.07, 6.45) is 15.5. The van der Waals surface area contributed by atoms with Crippen molar-refractivity contribution in [1.29, 1.82) is 0 Å². The predicted octanol–water partition coefficient (Wildman–Crippen LogP) is 6.32. The van der Waals surface area contributed by atoms with Gasteiger partial charge in [-0.15, -0.1) is 0 Å². The first kappa shape index (κ1) is 35.5. The van der Waals surface area contributed by atoms with Crippen molar-refractivity contribution < 1.29 is 35.9 Å². The molecule has 3 aromatic rings. The number of amides is 2. The maximum Gasteiger partial charge on any atom is 0.323 e. The number of carbonyl (C=O) groups is 2. The Kier molecular flexibility index (Phi) is 17.1.